The minimum atomic E-state index is 0.193. The van der Waals surface area contributed by atoms with Gasteiger partial charge in [-0.2, -0.15) is 5.10 Å². The van der Waals surface area contributed by atoms with Gasteiger partial charge in [0.25, 0.3) is 0 Å². The highest BCUT2D eigenvalue weighted by Gasteiger charge is 2.16. The Hall–Kier alpha value is -0.390. The first-order valence-electron chi connectivity index (χ1n) is 7.79. The Morgan fingerprint density at radius 1 is 1.25 bits per heavy atom. The van der Waals surface area contributed by atoms with E-state index in [1.54, 1.807) is 0 Å². The quantitative estimate of drug-likeness (QED) is 0.749. The van der Waals surface area contributed by atoms with Crippen molar-refractivity contribution >= 4 is 15.9 Å². The number of hydrogen-bond acceptors (Lipinski definition) is 3. The lowest BCUT2D eigenvalue weighted by molar-refractivity contribution is 0.289. The molecule has 1 aromatic rings. The third kappa shape index (κ3) is 4.57. The molecule has 0 saturated heterocycles. The molecule has 0 aliphatic heterocycles. The van der Waals surface area contributed by atoms with E-state index in [4.69, 9.17) is 5.73 Å². The number of hydrogen-bond donors (Lipinski definition) is 1. The molecule has 4 nitrogen and oxygen atoms in total. The second-order valence-electron chi connectivity index (χ2n) is 5.16. The van der Waals surface area contributed by atoms with Crippen molar-refractivity contribution in [3.05, 3.63) is 15.9 Å². The normalized spacial score (nSPS) is 13.2. The maximum absolute atomic E-state index is 6.32. The summed E-state index contributed by atoms with van der Waals surface area (Å²) in [6.07, 6.45) is 2.88. The number of nitrogens with zero attached hydrogens (tertiary/aromatic N) is 3. The number of nitrogens with two attached hydrogens (primary N) is 1. The van der Waals surface area contributed by atoms with Crippen molar-refractivity contribution in [1.82, 2.24) is 14.7 Å². The lowest BCUT2D eigenvalue weighted by Gasteiger charge is -2.20. The zero-order chi connectivity index (χ0) is 15.1. The molecule has 1 atom stereocenters. The summed E-state index contributed by atoms with van der Waals surface area (Å²) in [5, 5.41) is 4.63. The van der Waals surface area contributed by atoms with Gasteiger partial charge in [-0.05, 0) is 55.3 Å². The summed E-state index contributed by atoms with van der Waals surface area (Å²) in [7, 11) is 0. The highest BCUT2D eigenvalue weighted by Crippen LogP contribution is 2.23. The molecule has 0 saturated carbocycles. The van der Waals surface area contributed by atoms with E-state index in [1.165, 1.54) is 5.69 Å². The molecular weight excluding hydrogens is 316 g/mol. The van der Waals surface area contributed by atoms with Gasteiger partial charge in [-0.25, -0.2) is 0 Å². The van der Waals surface area contributed by atoms with Crippen LogP contribution in [0, 0.1) is 0 Å². The first-order chi connectivity index (χ1) is 9.57. The second kappa shape index (κ2) is 8.80. The molecule has 1 aromatic heterocycles. The summed E-state index contributed by atoms with van der Waals surface area (Å²) in [5.74, 6) is 0. The summed E-state index contributed by atoms with van der Waals surface area (Å²) in [6, 6.07) is 0.193. The van der Waals surface area contributed by atoms with Crippen molar-refractivity contribution in [2.45, 2.75) is 59.5 Å². The van der Waals surface area contributed by atoms with Crippen molar-refractivity contribution < 1.29 is 0 Å². The Bertz CT molecular complexity index is 399. The molecule has 116 valence electrons. The maximum atomic E-state index is 6.32. The molecule has 1 rings (SSSR count). The minimum absolute atomic E-state index is 0.193. The monoisotopic (exact) mass is 344 g/mol. The van der Waals surface area contributed by atoms with E-state index in [9.17, 15) is 0 Å². The Balaban J connectivity index is 2.65. The van der Waals surface area contributed by atoms with Crippen LogP contribution in [0.25, 0.3) is 0 Å². The van der Waals surface area contributed by atoms with E-state index in [2.05, 4.69) is 58.3 Å². The van der Waals surface area contributed by atoms with E-state index in [1.807, 2.05) is 0 Å². The number of rotatable bonds is 9. The smallest absolute Gasteiger partial charge is 0.0766 e. The Morgan fingerprint density at radius 3 is 2.40 bits per heavy atom. The average Bonchev–Trinajstić information content (AvgIpc) is 2.76. The van der Waals surface area contributed by atoms with Gasteiger partial charge in [-0.15, -0.1) is 0 Å². The van der Waals surface area contributed by atoms with Crippen LogP contribution in [0.2, 0.25) is 0 Å². The molecule has 0 aromatic carbocycles. The van der Waals surface area contributed by atoms with E-state index >= 15 is 0 Å². The average molecular weight is 345 g/mol. The van der Waals surface area contributed by atoms with Gasteiger partial charge in [-0.3, -0.25) is 4.68 Å². The highest BCUT2D eigenvalue weighted by atomic mass is 79.9. The van der Waals surface area contributed by atoms with Gasteiger partial charge in [0.2, 0.25) is 0 Å². The van der Waals surface area contributed by atoms with Crippen LogP contribution in [0.15, 0.2) is 4.47 Å². The summed E-state index contributed by atoms with van der Waals surface area (Å²) in [5.41, 5.74) is 8.70. The van der Waals surface area contributed by atoms with Crippen LogP contribution < -0.4 is 5.73 Å². The molecule has 0 amide bonds. The molecular formula is C15H29BrN4. The van der Waals surface area contributed by atoms with Crippen molar-refractivity contribution in [3.63, 3.8) is 0 Å². The zero-order valence-electron chi connectivity index (χ0n) is 13.3. The predicted octanol–water partition coefficient (Wildman–Crippen LogP) is 2.83. The molecule has 2 N–H and O–H groups in total. The van der Waals surface area contributed by atoms with Crippen LogP contribution in [0.5, 0.6) is 0 Å². The highest BCUT2D eigenvalue weighted by molar-refractivity contribution is 9.10. The Morgan fingerprint density at radius 2 is 1.90 bits per heavy atom. The Kier molecular flexibility index (Phi) is 7.77. The van der Waals surface area contributed by atoms with Crippen LogP contribution in [0.3, 0.4) is 0 Å². The number of halogens is 1. The van der Waals surface area contributed by atoms with Crippen molar-refractivity contribution in [3.8, 4) is 0 Å². The largest absolute Gasteiger partial charge is 0.327 e. The fourth-order valence-corrected chi connectivity index (χ4v) is 3.18. The molecule has 0 fully saturated rings. The second-order valence-corrected chi connectivity index (χ2v) is 5.95. The van der Waals surface area contributed by atoms with Gasteiger partial charge < -0.3 is 10.6 Å². The molecule has 0 spiro atoms. The molecule has 0 aliphatic carbocycles. The molecule has 1 heterocycles. The lowest BCUT2D eigenvalue weighted by Crippen LogP contribution is -2.32. The third-order valence-corrected chi connectivity index (χ3v) is 4.78. The standard InChI is InChI=1S/C15H29BrN4/c1-5-13-15(16)14(20(8-4)18-13)11-12(17)9-10-19(6-2)7-3/h12H,5-11,17H2,1-4H3. The molecule has 0 bridgehead atoms. The summed E-state index contributed by atoms with van der Waals surface area (Å²) < 4.78 is 3.24. The molecule has 0 aliphatic rings. The van der Waals surface area contributed by atoms with Crippen molar-refractivity contribution in [2.75, 3.05) is 19.6 Å². The van der Waals surface area contributed by atoms with E-state index < -0.39 is 0 Å². The predicted molar refractivity (Wildman–Crippen MR) is 89.1 cm³/mol. The summed E-state index contributed by atoms with van der Waals surface area (Å²) >= 11 is 3.69. The molecule has 1 unspecified atom stereocenters. The third-order valence-electron chi connectivity index (χ3n) is 3.86. The summed E-state index contributed by atoms with van der Waals surface area (Å²) in [4.78, 5) is 2.42. The molecule has 5 heteroatoms. The van der Waals surface area contributed by atoms with Gasteiger partial charge in [0.05, 0.1) is 15.9 Å². The van der Waals surface area contributed by atoms with Crippen LogP contribution in [-0.2, 0) is 19.4 Å². The van der Waals surface area contributed by atoms with Crippen LogP contribution in [0.1, 0.15) is 45.5 Å². The van der Waals surface area contributed by atoms with Crippen molar-refractivity contribution in [1.29, 1.82) is 0 Å². The first kappa shape index (κ1) is 17.7. The fraction of sp³-hybridized carbons (Fsp3) is 0.800. The van der Waals surface area contributed by atoms with Crippen LogP contribution in [-0.4, -0.2) is 40.4 Å². The van der Waals surface area contributed by atoms with Crippen LogP contribution in [0.4, 0.5) is 0 Å². The van der Waals surface area contributed by atoms with Gasteiger partial charge in [0.15, 0.2) is 0 Å². The van der Waals surface area contributed by atoms with Gasteiger partial charge >= 0.3 is 0 Å². The lowest BCUT2D eigenvalue weighted by atomic mass is 10.1. The molecule has 20 heavy (non-hydrogen) atoms. The fourth-order valence-electron chi connectivity index (χ4n) is 2.45. The number of aryl methyl sites for hydroxylation is 2. The van der Waals surface area contributed by atoms with Gasteiger partial charge in [-0.1, -0.05) is 20.8 Å². The topological polar surface area (TPSA) is 47.1 Å². The minimum Gasteiger partial charge on any atom is -0.327 e. The van der Waals surface area contributed by atoms with Crippen LogP contribution >= 0.6 is 15.9 Å². The van der Waals surface area contributed by atoms with E-state index in [0.717, 1.165) is 55.6 Å². The Labute approximate surface area is 131 Å². The first-order valence-corrected chi connectivity index (χ1v) is 8.58. The molecule has 0 radical (unpaired) electrons. The number of aromatic nitrogens is 2. The van der Waals surface area contributed by atoms with E-state index in [-0.39, 0.29) is 6.04 Å². The van der Waals surface area contributed by atoms with E-state index in [0.29, 0.717) is 0 Å². The maximum Gasteiger partial charge on any atom is 0.0766 e. The van der Waals surface area contributed by atoms with Gasteiger partial charge in [0, 0.05) is 19.0 Å². The van der Waals surface area contributed by atoms with Crippen molar-refractivity contribution in [2.24, 2.45) is 5.73 Å². The SMILES string of the molecule is CCc1nn(CC)c(CC(N)CCN(CC)CC)c1Br. The summed E-state index contributed by atoms with van der Waals surface area (Å²) in [6.45, 7) is 12.8. The zero-order valence-corrected chi connectivity index (χ0v) is 14.9. The van der Waals surface area contributed by atoms with Gasteiger partial charge in [0.1, 0.15) is 0 Å².